The summed E-state index contributed by atoms with van der Waals surface area (Å²) in [7, 11) is 0. The smallest absolute Gasteiger partial charge is 0.00220 e. The fourth-order valence-electron chi connectivity index (χ4n) is 2.80. The molecular formula is C16H19N. The van der Waals surface area contributed by atoms with E-state index in [4.69, 9.17) is 0 Å². The van der Waals surface area contributed by atoms with Gasteiger partial charge in [-0.25, -0.2) is 0 Å². The van der Waals surface area contributed by atoms with Crippen molar-refractivity contribution >= 4 is 10.8 Å². The molecule has 1 saturated heterocycles. The molecule has 1 heteroatoms. The molecular weight excluding hydrogens is 206 g/mol. The van der Waals surface area contributed by atoms with Crippen LogP contribution in [0.25, 0.3) is 10.8 Å². The molecule has 2 aromatic carbocycles. The molecule has 3 rings (SSSR count). The van der Waals surface area contributed by atoms with Crippen LogP contribution in [0.2, 0.25) is 0 Å². The molecule has 0 N–H and O–H groups in total. The molecule has 1 fully saturated rings. The van der Waals surface area contributed by atoms with Gasteiger partial charge >= 0.3 is 0 Å². The van der Waals surface area contributed by atoms with Crippen LogP contribution in [0.1, 0.15) is 18.4 Å². The highest BCUT2D eigenvalue weighted by atomic mass is 15.1. The lowest BCUT2D eigenvalue weighted by molar-refractivity contribution is 0.344. The van der Waals surface area contributed by atoms with Crippen molar-refractivity contribution in [1.29, 1.82) is 0 Å². The lowest BCUT2D eigenvalue weighted by Gasteiger charge is -2.15. The Morgan fingerprint density at radius 1 is 0.882 bits per heavy atom. The third kappa shape index (κ3) is 2.34. The Kier molecular flexibility index (Phi) is 3.10. The second-order valence-corrected chi connectivity index (χ2v) is 4.94. The van der Waals surface area contributed by atoms with E-state index in [2.05, 4.69) is 47.4 Å². The van der Waals surface area contributed by atoms with Crippen LogP contribution in [0.4, 0.5) is 0 Å². The van der Waals surface area contributed by atoms with Gasteiger partial charge in [-0.15, -0.1) is 0 Å². The van der Waals surface area contributed by atoms with E-state index in [1.165, 1.54) is 55.2 Å². The van der Waals surface area contributed by atoms with Gasteiger partial charge in [0.2, 0.25) is 0 Å². The Labute approximate surface area is 103 Å². The fourth-order valence-corrected chi connectivity index (χ4v) is 2.80. The predicted octanol–water partition coefficient (Wildman–Crippen LogP) is 3.48. The molecule has 1 nitrogen and oxygen atoms in total. The third-order valence-electron chi connectivity index (χ3n) is 3.78. The Balaban J connectivity index is 1.79. The molecule has 0 spiro atoms. The van der Waals surface area contributed by atoms with Crippen LogP contribution >= 0.6 is 0 Å². The summed E-state index contributed by atoms with van der Waals surface area (Å²) in [6.45, 7) is 3.81. The van der Waals surface area contributed by atoms with Gasteiger partial charge in [0, 0.05) is 6.54 Å². The summed E-state index contributed by atoms with van der Waals surface area (Å²) in [4.78, 5) is 2.59. The summed E-state index contributed by atoms with van der Waals surface area (Å²) in [5.74, 6) is 0. The van der Waals surface area contributed by atoms with Crippen LogP contribution in [0.3, 0.4) is 0 Å². The minimum Gasteiger partial charge on any atom is -0.303 e. The lowest BCUT2D eigenvalue weighted by atomic mass is 10.0. The minimum atomic E-state index is 1.18. The average molecular weight is 225 g/mol. The summed E-state index contributed by atoms with van der Waals surface area (Å²) in [6.07, 6.45) is 3.95. The van der Waals surface area contributed by atoms with Crippen molar-refractivity contribution in [3.05, 3.63) is 48.0 Å². The van der Waals surface area contributed by atoms with E-state index in [0.29, 0.717) is 0 Å². The first-order valence-electron chi connectivity index (χ1n) is 6.62. The SMILES string of the molecule is c1ccc2c(CCN3CCCC3)cccc2c1. The van der Waals surface area contributed by atoms with E-state index < -0.39 is 0 Å². The van der Waals surface area contributed by atoms with Crippen LogP contribution in [0.15, 0.2) is 42.5 Å². The molecule has 1 aliphatic rings. The Morgan fingerprint density at radius 2 is 1.65 bits per heavy atom. The second-order valence-electron chi connectivity index (χ2n) is 4.94. The van der Waals surface area contributed by atoms with Crippen LogP contribution < -0.4 is 0 Å². The Bertz CT molecular complexity index is 492. The van der Waals surface area contributed by atoms with Gasteiger partial charge in [0.1, 0.15) is 0 Å². The first kappa shape index (κ1) is 10.8. The van der Waals surface area contributed by atoms with E-state index in [1.807, 2.05) is 0 Å². The highest BCUT2D eigenvalue weighted by Gasteiger charge is 2.11. The summed E-state index contributed by atoms with van der Waals surface area (Å²) >= 11 is 0. The molecule has 0 unspecified atom stereocenters. The van der Waals surface area contributed by atoms with Gasteiger partial charge in [0.05, 0.1) is 0 Å². The van der Waals surface area contributed by atoms with E-state index in [1.54, 1.807) is 0 Å². The number of likely N-dealkylation sites (tertiary alicyclic amines) is 1. The molecule has 2 aromatic rings. The molecule has 0 saturated carbocycles. The van der Waals surface area contributed by atoms with Gasteiger partial charge in [-0.05, 0) is 48.7 Å². The van der Waals surface area contributed by atoms with Crippen molar-refractivity contribution < 1.29 is 0 Å². The molecule has 0 aliphatic carbocycles. The predicted molar refractivity (Wildman–Crippen MR) is 73.3 cm³/mol. The number of nitrogens with zero attached hydrogens (tertiary/aromatic N) is 1. The van der Waals surface area contributed by atoms with Crippen molar-refractivity contribution in [2.45, 2.75) is 19.3 Å². The zero-order valence-corrected chi connectivity index (χ0v) is 10.2. The number of fused-ring (bicyclic) bond motifs is 1. The summed E-state index contributed by atoms with van der Waals surface area (Å²) in [5.41, 5.74) is 1.50. The molecule has 0 aromatic heterocycles. The van der Waals surface area contributed by atoms with Crippen molar-refractivity contribution in [3.63, 3.8) is 0 Å². The van der Waals surface area contributed by atoms with Gasteiger partial charge in [-0.1, -0.05) is 42.5 Å². The molecule has 0 atom stereocenters. The Hall–Kier alpha value is -1.34. The van der Waals surface area contributed by atoms with Crippen molar-refractivity contribution in [1.82, 2.24) is 4.90 Å². The molecule has 88 valence electrons. The van der Waals surface area contributed by atoms with Gasteiger partial charge in [0.15, 0.2) is 0 Å². The highest BCUT2D eigenvalue weighted by Crippen LogP contribution is 2.19. The average Bonchev–Trinajstić information content (AvgIpc) is 2.89. The number of benzene rings is 2. The summed E-state index contributed by atoms with van der Waals surface area (Å²) < 4.78 is 0. The topological polar surface area (TPSA) is 3.24 Å². The number of hydrogen-bond acceptors (Lipinski definition) is 1. The summed E-state index contributed by atoms with van der Waals surface area (Å²) in [5, 5.41) is 2.79. The van der Waals surface area contributed by atoms with E-state index >= 15 is 0 Å². The zero-order valence-electron chi connectivity index (χ0n) is 10.2. The van der Waals surface area contributed by atoms with Crippen LogP contribution in [-0.4, -0.2) is 24.5 Å². The molecule has 0 radical (unpaired) electrons. The van der Waals surface area contributed by atoms with Crippen LogP contribution in [0, 0.1) is 0 Å². The van der Waals surface area contributed by atoms with Crippen molar-refractivity contribution in [2.75, 3.05) is 19.6 Å². The van der Waals surface area contributed by atoms with Crippen LogP contribution in [-0.2, 0) is 6.42 Å². The first-order valence-corrected chi connectivity index (χ1v) is 6.62. The number of rotatable bonds is 3. The quantitative estimate of drug-likeness (QED) is 0.773. The molecule has 0 bridgehead atoms. The minimum absolute atomic E-state index is 1.18. The fraction of sp³-hybridized carbons (Fsp3) is 0.375. The maximum absolute atomic E-state index is 2.59. The van der Waals surface area contributed by atoms with Gasteiger partial charge in [-0.3, -0.25) is 0 Å². The lowest BCUT2D eigenvalue weighted by Crippen LogP contribution is -2.21. The van der Waals surface area contributed by atoms with Gasteiger partial charge < -0.3 is 4.90 Å². The summed E-state index contributed by atoms with van der Waals surface area (Å²) in [6, 6.07) is 15.4. The highest BCUT2D eigenvalue weighted by molar-refractivity contribution is 5.85. The monoisotopic (exact) mass is 225 g/mol. The third-order valence-corrected chi connectivity index (χ3v) is 3.78. The molecule has 0 amide bonds. The van der Waals surface area contributed by atoms with Gasteiger partial charge in [-0.2, -0.15) is 0 Å². The van der Waals surface area contributed by atoms with Crippen molar-refractivity contribution in [3.8, 4) is 0 Å². The van der Waals surface area contributed by atoms with E-state index in [9.17, 15) is 0 Å². The maximum Gasteiger partial charge on any atom is 0.00220 e. The second kappa shape index (κ2) is 4.89. The largest absolute Gasteiger partial charge is 0.303 e. The normalized spacial score (nSPS) is 16.7. The standard InChI is InChI=1S/C16H19N/c1-2-9-16-14(6-1)7-5-8-15(16)10-13-17-11-3-4-12-17/h1-2,5-9H,3-4,10-13H2. The zero-order chi connectivity index (χ0) is 11.5. The molecule has 1 aliphatic heterocycles. The molecule has 1 heterocycles. The first-order chi connectivity index (χ1) is 8.43. The van der Waals surface area contributed by atoms with Crippen LogP contribution in [0.5, 0.6) is 0 Å². The maximum atomic E-state index is 2.59. The number of hydrogen-bond donors (Lipinski definition) is 0. The molecule has 17 heavy (non-hydrogen) atoms. The Morgan fingerprint density at radius 3 is 2.53 bits per heavy atom. The van der Waals surface area contributed by atoms with E-state index in [-0.39, 0.29) is 0 Å². The van der Waals surface area contributed by atoms with Gasteiger partial charge in [0.25, 0.3) is 0 Å². The van der Waals surface area contributed by atoms with E-state index in [0.717, 1.165) is 0 Å². The van der Waals surface area contributed by atoms with Crippen molar-refractivity contribution in [2.24, 2.45) is 0 Å².